The second-order valence-corrected chi connectivity index (χ2v) is 8.15. The third-order valence-electron chi connectivity index (χ3n) is 5.16. The summed E-state index contributed by atoms with van der Waals surface area (Å²) < 4.78 is 15.1. The van der Waals surface area contributed by atoms with Crippen molar-refractivity contribution in [3.05, 3.63) is 101 Å². The number of aryl methyl sites for hydroxylation is 1. The molecular weight excluding hydrogens is 409 g/mol. The zero-order valence-corrected chi connectivity index (χ0v) is 17.5. The van der Waals surface area contributed by atoms with E-state index in [-0.39, 0.29) is 11.7 Å². The number of nitrogens with zero attached hydrogens (tertiary/aromatic N) is 2. The molecule has 0 aliphatic heterocycles. The Hall–Kier alpha value is -3.77. The first-order chi connectivity index (χ1) is 15.1. The summed E-state index contributed by atoms with van der Waals surface area (Å²) in [6.45, 7) is 1.90. The molecule has 3 aromatic carbocycles. The second kappa shape index (κ2) is 7.81. The Labute approximate surface area is 182 Å². The fourth-order valence-electron chi connectivity index (χ4n) is 3.56. The topological polar surface area (TPSA) is 46.4 Å². The lowest BCUT2D eigenvalue weighted by molar-refractivity contribution is 0.102. The van der Waals surface area contributed by atoms with Gasteiger partial charge < -0.3 is 5.32 Å². The standard InChI is InChI=1S/C25H18FN3OS/c1-16-23(31-25-28-22(15-29(16)25)18-11-13-19(26)14-12-18)24(30)27-21-10-6-5-9-20(21)17-7-3-2-4-8-17/h2-15H,1H3,(H,27,30). The van der Waals surface area contributed by atoms with Crippen LogP contribution in [0.4, 0.5) is 10.1 Å². The Morgan fingerprint density at radius 3 is 2.39 bits per heavy atom. The van der Waals surface area contributed by atoms with Crippen molar-refractivity contribution in [2.24, 2.45) is 0 Å². The Kier molecular flexibility index (Phi) is 4.84. The van der Waals surface area contributed by atoms with Crippen LogP contribution in [0.1, 0.15) is 15.4 Å². The number of anilines is 1. The molecule has 0 saturated carbocycles. The number of thiazole rings is 1. The lowest BCUT2D eigenvalue weighted by atomic mass is 10.0. The van der Waals surface area contributed by atoms with E-state index in [0.717, 1.165) is 38.7 Å². The SMILES string of the molecule is Cc1c(C(=O)Nc2ccccc2-c2ccccc2)sc2nc(-c3ccc(F)cc3)cn12. The number of aromatic nitrogens is 2. The van der Waals surface area contributed by atoms with Gasteiger partial charge in [-0.1, -0.05) is 59.9 Å². The molecule has 1 N–H and O–H groups in total. The highest BCUT2D eigenvalue weighted by Crippen LogP contribution is 2.31. The summed E-state index contributed by atoms with van der Waals surface area (Å²) in [6, 6.07) is 24.0. The van der Waals surface area contributed by atoms with Crippen LogP contribution in [0.25, 0.3) is 27.3 Å². The summed E-state index contributed by atoms with van der Waals surface area (Å²) in [5.41, 5.74) is 5.16. The van der Waals surface area contributed by atoms with Crippen LogP contribution in [-0.2, 0) is 0 Å². The molecule has 5 aromatic rings. The Morgan fingerprint density at radius 2 is 1.65 bits per heavy atom. The number of hydrogen-bond acceptors (Lipinski definition) is 3. The molecule has 0 unspecified atom stereocenters. The molecule has 0 bridgehead atoms. The molecule has 6 heteroatoms. The van der Waals surface area contributed by atoms with E-state index in [4.69, 9.17) is 0 Å². The van der Waals surface area contributed by atoms with Gasteiger partial charge in [-0.3, -0.25) is 9.20 Å². The number of halogens is 1. The largest absolute Gasteiger partial charge is 0.321 e. The van der Waals surface area contributed by atoms with Crippen molar-refractivity contribution in [1.29, 1.82) is 0 Å². The van der Waals surface area contributed by atoms with Gasteiger partial charge in [-0.2, -0.15) is 0 Å². The molecule has 152 valence electrons. The van der Waals surface area contributed by atoms with Gasteiger partial charge in [-0.25, -0.2) is 9.37 Å². The van der Waals surface area contributed by atoms with Gasteiger partial charge in [-0.05, 0) is 42.8 Å². The van der Waals surface area contributed by atoms with Crippen LogP contribution in [0.5, 0.6) is 0 Å². The van der Waals surface area contributed by atoms with E-state index in [0.29, 0.717) is 4.88 Å². The van der Waals surface area contributed by atoms with Crippen molar-refractivity contribution >= 4 is 27.9 Å². The maximum absolute atomic E-state index is 13.2. The lowest BCUT2D eigenvalue weighted by Crippen LogP contribution is -2.12. The molecule has 0 saturated heterocycles. The highest BCUT2D eigenvalue weighted by molar-refractivity contribution is 7.19. The molecule has 2 heterocycles. The van der Waals surface area contributed by atoms with E-state index < -0.39 is 0 Å². The summed E-state index contributed by atoms with van der Waals surface area (Å²) in [7, 11) is 0. The maximum Gasteiger partial charge on any atom is 0.267 e. The zero-order valence-electron chi connectivity index (χ0n) is 16.7. The van der Waals surface area contributed by atoms with Crippen molar-refractivity contribution in [2.75, 3.05) is 5.32 Å². The number of hydrogen-bond donors (Lipinski definition) is 1. The molecule has 0 radical (unpaired) electrons. The number of fused-ring (bicyclic) bond motifs is 1. The van der Waals surface area contributed by atoms with Crippen LogP contribution in [0.3, 0.4) is 0 Å². The molecule has 0 aliphatic rings. The van der Waals surface area contributed by atoms with Crippen LogP contribution in [0.2, 0.25) is 0 Å². The van der Waals surface area contributed by atoms with E-state index in [1.54, 1.807) is 12.1 Å². The minimum Gasteiger partial charge on any atom is -0.321 e. The van der Waals surface area contributed by atoms with E-state index >= 15 is 0 Å². The Bertz CT molecular complexity index is 1390. The number of para-hydroxylation sites is 1. The molecule has 31 heavy (non-hydrogen) atoms. The molecule has 1 amide bonds. The average Bonchev–Trinajstić information content (AvgIpc) is 3.35. The molecular formula is C25H18FN3OS. The summed E-state index contributed by atoms with van der Waals surface area (Å²) in [6.07, 6.45) is 1.88. The van der Waals surface area contributed by atoms with Crippen LogP contribution in [0.15, 0.2) is 85.1 Å². The fraction of sp³-hybridized carbons (Fsp3) is 0.0400. The zero-order chi connectivity index (χ0) is 21.4. The number of rotatable bonds is 4. The van der Waals surface area contributed by atoms with Crippen LogP contribution < -0.4 is 5.32 Å². The van der Waals surface area contributed by atoms with Crippen molar-refractivity contribution < 1.29 is 9.18 Å². The molecule has 0 fully saturated rings. The van der Waals surface area contributed by atoms with Crippen LogP contribution in [-0.4, -0.2) is 15.3 Å². The predicted octanol–water partition coefficient (Wildman–Crippen LogP) is 6.43. The van der Waals surface area contributed by atoms with Gasteiger partial charge in [0.1, 0.15) is 10.7 Å². The maximum atomic E-state index is 13.2. The van der Waals surface area contributed by atoms with Crippen molar-refractivity contribution in [1.82, 2.24) is 9.38 Å². The number of carbonyl (C=O) groups is 1. The van der Waals surface area contributed by atoms with E-state index in [1.165, 1.54) is 23.5 Å². The second-order valence-electron chi connectivity index (χ2n) is 7.17. The smallest absolute Gasteiger partial charge is 0.267 e. The Balaban J connectivity index is 1.45. The highest BCUT2D eigenvalue weighted by Gasteiger charge is 2.19. The highest BCUT2D eigenvalue weighted by atomic mass is 32.1. The summed E-state index contributed by atoms with van der Waals surface area (Å²) in [5.74, 6) is -0.449. The summed E-state index contributed by atoms with van der Waals surface area (Å²) >= 11 is 1.34. The number of amides is 1. The normalized spacial score (nSPS) is 11.0. The fourth-order valence-corrected chi connectivity index (χ4v) is 4.57. The van der Waals surface area contributed by atoms with Crippen LogP contribution in [0, 0.1) is 12.7 Å². The van der Waals surface area contributed by atoms with Crippen molar-refractivity contribution in [3.63, 3.8) is 0 Å². The minimum absolute atomic E-state index is 0.167. The van der Waals surface area contributed by atoms with Gasteiger partial charge in [0, 0.05) is 28.7 Å². The monoisotopic (exact) mass is 427 g/mol. The molecule has 0 aliphatic carbocycles. The van der Waals surface area contributed by atoms with Crippen molar-refractivity contribution in [2.45, 2.75) is 6.92 Å². The first kappa shape index (κ1) is 19.2. The third-order valence-corrected chi connectivity index (χ3v) is 6.32. The number of imidazole rings is 1. The van der Waals surface area contributed by atoms with E-state index in [2.05, 4.69) is 10.3 Å². The summed E-state index contributed by atoms with van der Waals surface area (Å²) in [4.78, 5) is 19.1. The lowest BCUT2D eigenvalue weighted by Gasteiger charge is -2.11. The third kappa shape index (κ3) is 3.62. The molecule has 5 rings (SSSR count). The van der Waals surface area contributed by atoms with Crippen LogP contribution >= 0.6 is 11.3 Å². The molecule has 4 nitrogen and oxygen atoms in total. The summed E-state index contributed by atoms with van der Waals surface area (Å²) in [5, 5.41) is 3.06. The van der Waals surface area contributed by atoms with Gasteiger partial charge in [0.05, 0.1) is 5.69 Å². The quantitative estimate of drug-likeness (QED) is 0.359. The van der Waals surface area contributed by atoms with Gasteiger partial charge >= 0.3 is 0 Å². The Morgan fingerprint density at radius 1 is 0.935 bits per heavy atom. The van der Waals surface area contributed by atoms with Gasteiger partial charge in [0.2, 0.25) is 0 Å². The molecule has 0 atom stereocenters. The first-order valence-corrected chi connectivity index (χ1v) is 10.6. The minimum atomic E-state index is -0.282. The number of carbonyl (C=O) groups excluding carboxylic acids is 1. The predicted molar refractivity (Wildman–Crippen MR) is 123 cm³/mol. The van der Waals surface area contributed by atoms with Gasteiger partial charge in [0.25, 0.3) is 5.91 Å². The van der Waals surface area contributed by atoms with Crippen molar-refractivity contribution in [3.8, 4) is 22.4 Å². The average molecular weight is 428 g/mol. The molecule has 0 spiro atoms. The first-order valence-electron chi connectivity index (χ1n) is 9.80. The van der Waals surface area contributed by atoms with Gasteiger partial charge in [-0.15, -0.1) is 0 Å². The number of benzene rings is 3. The van der Waals surface area contributed by atoms with E-state index in [1.807, 2.05) is 72.1 Å². The van der Waals surface area contributed by atoms with Gasteiger partial charge in [0.15, 0.2) is 4.96 Å². The molecule has 2 aromatic heterocycles. The number of nitrogens with one attached hydrogen (secondary N) is 1. The van der Waals surface area contributed by atoms with E-state index in [9.17, 15) is 9.18 Å².